The Morgan fingerprint density at radius 2 is 1.44 bits per heavy atom. The average molecular weight is 735 g/mol. The van der Waals surface area contributed by atoms with Gasteiger partial charge in [0.1, 0.15) is 11.5 Å². The molecule has 0 bridgehead atoms. The molecule has 0 spiro atoms. The van der Waals surface area contributed by atoms with Crippen LogP contribution < -0.4 is 9.47 Å². The van der Waals surface area contributed by atoms with Gasteiger partial charge >= 0.3 is 0 Å². The maximum absolute atomic E-state index is 9.40. The number of aliphatic hydroxyl groups is 1. The first-order valence-corrected chi connectivity index (χ1v) is 15.8. The van der Waals surface area contributed by atoms with E-state index in [1.54, 1.807) is 26.6 Å². The molecule has 0 saturated heterocycles. The Bertz CT molecular complexity index is 1660. The van der Waals surface area contributed by atoms with Crippen LogP contribution in [0.5, 0.6) is 11.5 Å². The lowest BCUT2D eigenvalue weighted by Crippen LogP contribution is -1.95. The van der Waals surface area contributed by atoms with Crippen LogP contribution >= 0.6 is 31.9 Å². The second kappa shape index (κ2) is 17.2. The smallest absolute Gasteiger partial charge is 0.137 e. The summed E-state index contributed by atoms with van der Waals surface area (Å²) in [5.41, 5.74) is 11.3. The minimum atomic E-state index is 0. The Kier molecular flexibility index (Phi) is 13.8. The standard InChI is InChI=1S/C19H20BrNO2.C17H14BrNO.2CH4/c1-23-17-6-5-16(21-12-17)4-2-13-10-14-11-15(20)3-7-18(14)19(13)8-9-22;1-20-17-7-6-16(19-11-17)5-2-12-8-13-3-4-15(18)10-14(13)9-12;;/h3,5-7,11-12,22H,2,4,8-10H2,1H3;2-8,10-11H,9H2,1H3;2*1H4/b;5-2+;;. The Hall–Kier alpha value is -3.52. The zero-order chi connectivity index (χ0) is 30.2. The number of pyridine rings is 2. The number of halogens is 2. The summed E-state index contributed by atoms with van der Waals surface area (Å²) in [6.07, 6.45) is 14.4. The number of ether oxygens (including phenoxy) is 2. The molecule has 0 aliphatic heterocycles. The molecule has 7 heteroatoms. The highest BCUT2D eigenvalue weighted by Crippen LogP contribution is 2.38. The normalized spacial score (nSPS) is 12.8. The van der Waals surface area contributed by atoms with Crippen LogP contribution in [0.2, 0.25) is 0 Å². The van der Waals surface area contributed by atoms with Gasteiger partial charge in [-0.05, 0) is 120 Å². The zero-order valence-corrected chi connectivity index (χ0v) is 27.5. The number of allylic oxidation sites excluding steroid dienone is 3. The molecule has 4 aromatic rings. The first kappa shape index (κ1) is 36.0. The van der Waals surface area contributed by atoms with Crippen molar-refractivity contribution in [3.63, 3.8) is 0 Å². The second-order valence-electron chi connectivity index (χ2n) is 10.4. The van der Waals surface area contributed by atoms with E-state index >= 15 is 0 Å². The molecule has 0 amide bonds. The topological polar surface area (TPSA) is 64.5 Å². The van der Waals surface area contributed by atoms with Crippen LogP contribution in [0.25, 0.3) is 17.7 Å². The van der Waals surface area contributed by atoms with Gasteiger partial charge in [0.15, 0.2) is 0 Å². The summed E-state index contributed by atoms with van der Waals surface area (Å²) >= 11 is 7.05. The molecule has 0 radical (unpaired) electrons. The Balaban J connectivity index is 0.000000237. The first-order chi connectivity index (χ1) is 20.9. The predicted octanol–water partition coefficient (Wildman–Crippen LogP) is 9.96. The van der Waals surface area contributed by atoms with Gasteiger partial charge in [-0.15, -0.1) is 0 Å². The van der Waals surface area contributed by atoms with Gasteiger partial charge in [-0.3, -0.25) is 9.97 Å². The number of fused-ring (bicyclic) bond motifs is 2. The van der Waals surface area contributed by atoms with Crippen LogP contribution in [0.3, 0.4) is 0 Å². The minimum absolute atomic E-state index is 0. The van der Waals surface area contributed by atoms with Crippen molar-refractivity contribution < 1.29 is 14.6 Å². The van der Waals surface area contributed by atoms with Crippen molar-refractivity contribution in [1.82, 2.24) is 9.97 Å². The molecular formula is C38H42Br2N2O3. The van der Waals surface area contributed by atoms with Gasteiger partial charge in [0, 0.05) is 21.2 Å². The Morgan fingerprint density at radius 3 is 2.09 bits per heavy atom. The third kappa shape index (κ3) is 9.49. The van der Waals surface area contributed by atoms with E-state index in [4.69, 9.17) is 9.47 Å². The van der Waals surface area contributed by atoms with E-state index in [-0.39, 0.29) is 21.5 Å². The van der Waals surface area contributed by atoms with Crippen molar-refractivity contribution in [2.75, 3.05) is 20.8 Å². The van der Waals surface area contributed by atoms with Crippen molar-refractivity contribution in [1.29, 1.82) is 0 Å². The van der Waals surface area contributed by atoms with E-state index in [2.05, 4.69) is 90.4 Å². The SMILES string of the molecule is C.C.COc1ccc(/C=C/C2=Cc3ccc(Br)cc3C2)nc1.COc1ccc(CCC2=C(CCO)c3ccc(Br)cc3C2)nc1. The number of hydrogen-bond donors (Lipinski definition) is 1. The highest BCUT2D eigenvalue weighted by molar-refractivity contribution is 9.10. The lowest BCUT2D eigenvalue weighted by atomic mass is 10.00. The molecule has 1 N–H and O–H groups in total. The minimum Gasteiger partial charge on any atom is -0.495 e. The number of nitrogens with zero attached hydrogens (tertiary/aromatic N) is 2. The highest BCUT2D eigenvalue weighted by Gasteiger charge is 2.21. The largest absolute Gasteiger partial charge is 0.495 e. The summed E-state index contributed by atoms with van der Waals surface area (Å²) in [5, 5.41) is 9.40. The van der Waals surface area contributed by atoms with Crippen LogP contribution in [0.4, 0.5) is 0 Å². The van der Waals surface area contributed by atoms with E-state index in [9.17, 15) is 5.11 Å². The van der Waals surface area contributed by atoms with Crippen LogP contribution in [-0.2, 0) is 19.3 Å². The number of aryl methyl sites for hydroxylation is 1. The maximum atomic E-state index is 9.40. The van der Waals surface area contributed by atoms with Crippen LogP contribution in [0, 0.1) is 0 Å². The molecule has 2 aromatic carbocycles. The summed E-state index contributed by atoms with van der Waals surface area (Å²) in [6.45, 7) is 0.190. The molecule has 2 aliphatic carbocycles. The highest BCUT2D eigenvalue weighted by atomic mass is 79.9. The number of hydrogen-bond acceptors (Lipinski definition) is 5. The monoisotopic (exact) mass is 732 g/mol. The van der Waals surface area contributed by atoms with E-state index in [0.717, 1.165) is 63.9 Å². The number of rotatable bonds is 9. The molecule has 2 aliphatic rings. The molecule has 6 rings (SSSR count). The second-order valence-corrected chi connectivity index (χ2v) is 12.3. The third-order valence-electron chi connectivity index (χ3n) is 7.60. The molecule has 0 saturated carbocycles. The molecule has 236 valence electrons. The van der Waals surface area contributed by atoms with Crippen LogP contribution in [-0.4, -0.2) is 35.9 Å². The number of benzene rings is 2. The van der Waals surface area contributed by atoms with Gasteiger partial charge in [0.25, 0.3) is 0 Å². The van der Waals surface area contributed by atoms with E-state index in [0.29, 0.717) is 0 Å². The average Bonchev–Trinajstić information content (AvgIpc) is 3.59. The van der Waals surface area contributed by atoms with E-state index in [1.165, 1.54) is 39.0 Å². The summed E-state index contributed by atoms with van der Waals surface area (Å²) in [5.74, 6) is 1.56. The van der Waals surface area contributed by atoms with Gasteiger partial charge in [-0.2, -0.15) is 0 Å². The van der Waals surface area contributed by atoms with Crippen LogP contribution in [0.1, 0.15) is 61.3 Å². The molecule has 0 atom stereocenters. The fourth-order valence-corrected chi connectivity index (χ4v) is 6.22. The molecule has 45 heavy (non-hydrogen) atoms. The van der Waals surface area contributed by atoms with Gasteiger partial charge in [0.2, 0.25) is 0 Å². The fraction of sp³-hybridized carbons (Fsp3) is 0.263. The first-order valence-electron chi connectivity index (χ1n) is 14.2. The van der Waals surface area contributed by atoms with Gasteiger partial charge in [-0.25, -0.2) is 0 Å². The number of aliphatic hydroxyl groups excluding tert-OH is 1. The van der Waals surface area contributed by atoms with E-state index < -0.39 is 0 Å². The van der Waals surface area contributed by atoms with Crippen molar-refractivity contribution in [2.24, 2.45) is 0 Å². The van der Waals surface area contributed by atoms with Gasteiger partial charge in [0.05, 0.1) is 32.3 Å². The summed E-state index contributed by atoms with van der Waals surface area (Å²) in [4.78, 5) is 8.77. The van der Waals surface area contributed by atoms with Crippen LogP contribution in [0.15, 0.2) is 99.2 Å². The molecule has 2 heterocycles. The lowest BCUT2D eigenvalue weighted by molar-refractivity contribution is 0.305. The molecule has 5 nitrogen and oxygen atoms in total. The summed E-state index contributed by atoms with van der Waals surface area (Å²) in [7, 11) is 3.29. The van der Waals surface area contributed by atoms with Crippen molar-refractivity contribution in [2.45, 2.75) is 47.0 Å². The van der Waals surface area contributed by atoms with Crippen molar-refractivity contribution in [3.05, 3.63) is 133 Å². The van der Waals surface area contributed by atoms with Crippen molar-refractivity contribution in [3.8, 4) is 11.5 Å². The number of methoxy groups -OCH3 is 2. The fourth-order valence-electron chi connectivity index (χ4n) is 5.40. The predicted molar refractivity (Wildman–Crippen MR) is 195 cm³/mol. The molecule has 0 unspecified atom stereocenters. The lowest BCUT2D eigenvalue weighted by Gasteiger charge is -2.08. The van der Waals surface area contributed by atoms with Gasteiger partial charge < -0.3 is 14.6 Å². The van der Waals surface area contributed by atoms with Gasteiger partial charge in [-0.1, -0.05) is 76.6 Å². The summed E-state index contributed by atoms with van der Waals surface area (Å²) in [6, 6.07) is 20.7. The van der Waals surface area contributed by atoms with Crippen molar-refractivity contribution >= 4 is 49.6 Å². The summed E-state index contributed by atoms with van der Waals surface area (Å²) < 4.78 is 12.5. The zero-order valence-electron chi connectivity index (χ0n) is 24.3. The maximum Gasteiger partial charge on any atom is 0.137 e. The molecule has 2 aromatic heterocycles. The Morgan fingerprint density at radius 1 is 0.756 bits per heavy atom. The van der Waals surface area contributed by atoms with E-state index in [1.807, 2.05) is 30.3 Å². The molecular weight excluding hydrogens is 692 g/mol. The molecule has 0 fully saturated rings. The Labute approximate surface area is 285 Å². The number of aromatic nitrogens is 2. The quantitative estimate of drug-likeness (QED) is 0.186. The third-order valence-corrected chi connectivity index (χ3v) is 8.59.